The van der Waals surface area contributed by atoms with Crippen LogP contribution in [0.2, 0.25) is 0 Å². The Labute approximate surface area is 270 Å². The van der Waals surface area contributed by atoms with Crippen LogP contribution < -0.4 is 5.32 Å². The summed E-state index contributed by atoms with van der Waals surface area (Å²) >= 11 is 0. The third-order valence-corrected chi connectivity index (χ3v) is 8.83. The van der Waals surface area contributed by atoms with Crippen LogP contribution in [0.1, 0.15) is 82.2 Å². The fraction of sp³-hybridized carbons (Fsp3) is 0.316. The van der Waals surface area contributed by atoms with Crippen molar-refractivity contribution < 1.29 is 29.3 Å². The van der Waals surface area contributed by atoms with Crippen molar-refractivity contribution in [3.8, 4) is 0 Å². The molecule has 4 aromatic carbocycles. The third kappa shape index (κ3) is 7.78. The van der Waals surface area contributed by atoms with Crippen molar-refractivity contribution >= 4 is 17.4 Å². The van der Waals surface area contributed by atoms with Crippen molar-refractivity contribution in [2.24, 2.45) is 5.92 Å². The number of aliphatic hydroxyl groups excluding tert-OH is 2. The lowest BCUT2D eigenvalue weighted by Gasteiger charge is -2.43. The lowest BCUT2D eigenvalue weighted by Crippen LogP contribution is -2.46. The number of carbonyl (C=O) groups is 2. The summed E-state index contributed by atoms with van der Waals surface area (Å²) in [7, 11) is 1.98. The first kappa shape index (κ1) is 33.2. The first-order valence-electron chi connectivity index (χ1n) is 15.6. The minimum absolute atomic E-state index is 0.0456. The second-order valence-electron chi connectivity index (χ2n) is 12.1. The summed E-state index contributed by atoms with van der Waals surface area (Å²) in [5.41, 5.74) is 4.79. The lowest BCUT2D eigenvalue weighted by atomic mass is 9.89. The van der Waals surface area contributed by atoms with Gasteiger partial charge in [-0.2, -0.15) is 0 Å². The van der Waals surface area contributed by atoms with Crippen LogP contribution in [-0.4, -0.2) is 52.5 Å². The standard InChI is InChI=1S/C38H42N2O6/c1-24-34(22-40(4)25(2)35(43)28-10-6-5-7-11-28)45-38(46-36(24)29-18-16-27(23-41)17-19-29)32-14-8-13-31(20-32)37(44)39-33-15-9-12-30(21-33)26(3)42/h5-21,24-25,34-36,38,41,43H,22-23H2,1-4H3,(H,39,44). The van der Waals surface area contributed by atoms with Gasteiger partial charge < -0.3 is 25.0 Å². The minimum atomic E-state index is -0.764. The molecule has 0 aliphatic carbocycles. The highest BCUT2D eigenvalue weighted by Crippen LogP contribution is 2.42. The number of ether oxygens (including phenoxy) is 2. The average Bonchev–Trinajstić information content (AvgIpc) is 3.09. The Morgan fingerprint density at radius 1 is 0.870 bits per heavy atom. The third-order valence-electron chi connectivity index (χ3n) is 8.83. The number of carbonyl (C=O) groups excluding carboxylic acids is 2. The number of likely N-dealkylation sites (N-methyl/N-ethyl adjacent to an activating group) is 1. The highest BCUT2D eigenvalue weighted by molar-refractivity contribution is 6.05. The molecule has 6 unspecified atom stereocenters. The molecule has 1 aliphatic rings. The van der Waals surface area contributed by atoms with E-state index in [-0.39, 0.29) is 42.5 Å². The van der Waals surface area contributed by atoms with E-state index in [1.165, 1.54) is 6.92 Å². The fourth-order valence-electron chi connectivity index (χ4n) is 5.79. The normalized spacial score (nSPS) is 21.0. The average molecular weight is 623 g/mol. The Bertz CT molecular complexity index is 1630. The van der Waals surface area contributed by atoms with Gasteiger partial charge in [-0.15, -0.1) is 0 Å². The molecule has 5 rings (SSSR count). The van der Waals surface area contributed by atoms with Gasteiger partial charge in [-0.3, -0.25) is 14.5 Å². The molecule has 6 atom stereocenters. The van der Waals surface area contributed by atoms with E-state index in [9.17, 15) is 19.8 Å². The van der Waals surface area contributed by atoms with Crippen molar-refractivity contribution in [2.45, 2.75) is 58.0 Å². The number of aliphatic hydroxyl groups is 2. The van der Waals surface area contributed by atoms with E-state index < -0.39 is 12.4 Å². The maximum absolute atomic E-state index is 13.3. The molecule has 3 N–H and O–H groups in total. The molecule has 1 fully saturated rings. The Morgan fingerprint density at radius 3 is 2.26 bits per heavy atom. The van der Waals surface area contributed by atoms with Crippen LogP contribution in [0, 0.1) is 5.92 Å². The summed E-state index contributed by atoms with van der Waals surface area (Å²) in [4.78, 5) is 27.2. The van der Waals surface area contributed by atoms with Gasteiger partial charge in [0, 0.05) is 40.9 Å². The molecular formula is C38H42N2O6. The smallest absolute Gasteiger partial charge is 0.255 e. The highest BCUT2D eigenvalue weighted by atomic mass is 16.7. The fourth-order valence-corrected chi connectivity index (χ4v) is 5.79. The molecule has 0 bridgehead atoms. The molecule has 8 nitrogen and oxygen atoms in total. The van der Waals surface area contributed by atoms with Crippen LogP contribution in [-0.2, 0) is 16.1 Å². The predicted molar refractivity (Wildman–Crippen MR) is 177 cm³/mol. The monoisotopic (exact) mass is 622 g/mol. The number of nitrogens with one attached hydrogen (secondary N) is 1. The van der Waals surface area contributed by atoms with Gasteiger partial charge >= 0.3 is 0 Å². The van der Waals surface area contributed by atoms with Crippen molar-refractivity contribution in [1.82, 2.24) is 4.90 Å². The van der Waals surface area contributed by atoms with Gasteiger partial charge in [0.1, 0.15) is 0 Å². The Morgan fingerprint density at radius 2 is 1.57 bits per heavy atom. The van der Waals surface area contributed by atoms with E-state index in [4.69, 9.17) is 9.47 Å². The number of hydrogen-bond acceptors (Lipinski definition) is 7. The second kappa shape index (κ2) is 14.9. The first-order chi connectivity index (χ1) is 22.1. The molecule has 1 amide bonds. The van der Waals surface area contributed by atoms with E-state index in [1.807, 2.05) is 74.6 Å². The Kier molecular flexibility index (Phi) is 10.8. The highest BCUT2D eigenvalue weighted by Gasteiger charge is 2.39. The van der Waals surface area contributed by atoms with Crippen molar-refractivity contribution in [3.05, 3.63) is 137 Å². The summed E-state index contributed by atoms with van der Waals surface area (Å²) in [5, 5.41) is 23.6. The van der Waals surface area contributed by atoms with Crippen LogP contribution in [0.15, 0.2) is 103 Å². The Balaban J connectivity index is 1.39. The van der Waals surface area contributed by atoms with Gasteiger partial charge in [0.2, 0.25) is 0 Å². The van der Waals surface area contributed by atoms with E-state index >= 15 is 0 Å². The molecule has 0 aromatic heterocycles. The number of nitrogens with zero attached hydrogens (tertiary/aromatic N) is 1. The molecule has 1 aliphatic heterocycles. The first-order valence-corrected chi connectivity index (χ1v) is 15.6. The predicted octanol–water partition coefficient (Wildman–Crippen LogP) is 6.48. The van der Waals surface area contributed by atoms with Crippen LogP contribution in [0.3, 0.4) is 0 Å². The van der Waals surface area contributed by atoms with E-state index in [0.717, 1.165) is 16.7 Å². The SMILES string of the molecule is CC(=O)c1cccc(NC(=O)c2cccc(C3OC(CN(C)C(C)C(O)c4ccccc4)C(C)C(c4ccc(CO)cc4)O3)c2)c1. The summed E-state index contributed by atoms with van der Waals surface area (Å²) in [6.45, 7) is 6.07. The number of rotatable bonds is 11. The minimum Gasteiger partial charge on any atom is -0.392 e. The van der Waals surface area contributed by atoms with Crippen LogP contribution in [0.4, 0.5) is 5.69 Å². The van der Waals surface area contributed by atoms with Gasteiger partial charge in [-0.1, -0.05) is 85.8 Å². The number of hydrogen-bond donors (Lipinski definition) is 3. The number of Topliss-reactive ketones (excluding diaryl/α,β-unsaturated/α-hetero) is 1. The zero-order valence-electron chi connectivity index (χ0n) is 26.7. The largest absolute Gasteiger partial charge is 0.392 e. The van der Waals surface area contributed by atoms with E-state index in [0.29, 0.717) is 28.9 Å². The molecule has 1 heterocycles. The lowest BCUT2D eigenvalue weighted by molar-refractivity contribution is -0.276. The number of anilines is 1. The Hall–Kier alpha value is -4.18. The molecule has 1 saturated heterocycles. The van der Waals surface area contributed by atoms with Crippen LogP contribution in [0.5, 0.6) is 0 Å². The summed E-state index contributed by atoms with van der Waals surface area (Å²) in [6, 6.07) is 31.2. The molecule has 0 radical (unpaired) electrons. The number of ketones is 1. The topological polar surface area (TPSA) is 108 Å². The number of benzene rings is 4. The van der Waals surface area contributed by atoms with Crippen molar-refractivity contribution in [3.63, 3.8) is 0 Å². The van der Waals surface area contributed by atoms with Crippen LogP contribution >= 0.6 is 0 Å². The molecule has 46 heavy (non-hydrogen) atoms. The summed E-state index contributed by atoms with van der Waals surface area (Å²) < 4.78 is 13.2. The van der Waals surface area contributed by atoms with Crippen LogP contribution in [0.25, 0.3) is 0 Å². The van der Waals surface area contributed by atoms with Crippen molar-refractivity contribution in [2.75, 3.05) is 18.9 Å². The molecule has 4 aromatic rings. The zero-order valence-corrected chi connectivity index (χ0v) is 26.7. The maximum atomic E-state index is 13.3. The van der Waals surface area contributed by atoms with Gasteiger partial charge in [-0.05, 0) is 61.9 Å². The quantitative estimate of drug-likeness (QED) is 0.164. The molecular weight excluding hydrogens is 580 g/mol. The molecule has 240 valence electrons. The molecule has 8 heteroatoms. The molecule has 0 spiro atoms. The van der Waals surface area contributed by atoms with Gasteiger partial charge in [-0.25, -0.2) is 0 Å². The van der Waals surface area contributed by atoms with Gasteiger partial charge in [0.15, 0.2) is 12.1 Å². The second-order valence-corrected chi connectivity index (χ2v) is 12.1. The summed E-state index contributed by atoms with van der Waals surface area (Å²) in [5.74, 6) is -0.452. The maximum Gasteiger partial charge on any atom is 0.255 e. The zero-order chi connectivity index (χ0) is 32.8. The van der Waals surface area contributed by atoms with E-state index in [1.54, 1.807) is 42.5 Å². The van der Waals surface area contributed by atoms with Crippen molar-refractivity contribution in [1.29, 1.82) is 0 Å². The van der Waals surface area contributed by atoms with Gasteiger partial charge in [0.25, 0.3) is 5.91 Å². The van der Waals surface area contributed by atoms with Gasteiger partial charge in [0.05, 0.1) is 24.9 Å². The number of amides is 1. The summed E-state index contributed by atoms with van der Waals surface area (Å²) in [6.07, 6.45) is -2.04. The molecule has 0 saturated carbocycles. The van der Waals surface area contributed by atoms with E-state index in [2.05, 4.69) is 17.1 Å².